The summed E-state index contributed by atoms with van der Waals surface area (Å²) in [6.45, 7) is 4.49. The molecule has 3 aromatic carbocycles. The van der Waals surface area contributed by atoms with Crippen molar-refractivity contribution < 1.29 is 0 Å². The predicted molar refractivity (Wildman–Crippen MR) is 105 cm³/mol. The van der Waals surface area contributed by atoms with Gasteiger partial charge in [-0.05, 0) is 64.4 Å². The van der Waals surface area contributed by atoms with Gasteiger partial charge in [-0.3, -0.25) is 0 Å². The molecule has 0 atom stereocenters. The summed E-state index contributed by atoms with van der Waals surface area (Å²) in [6, 6.07) is 22.7. The maximum Gasteiger partial charge on any atom is 0.0320 e. The molecule has 0 radical (unpaired) electrons. The van der Waals surface area contributed by atoms with Crippen LogP contribution in [0.2, 0.25) is 0 Å². The zero-order chi connectivity index (χ0) is 17.1. The van der Waals surface area contributed by atoms with Gasteiger partial charge in [0.25, 0.3) is 0 Å². The van der Waals surface area contributed by atoms with Crippen LogP contribution < -0.4 is 11.5 Å². The maximum absolute atomic E-state index is 6.10. The van der Waals surface area contributed by atoms with Crippen molar-refractivity contribution in [2.24, 2.45) is 5.92 Å². The van der Waals surface area contributed by atoms with Crippen LogP contribution in [0.5, 0.6) is 0 Å². The number of benzene rings is 3. The van der Waals surface area contributed by atoms with E-state index in [2.05, 4.69) is 62.4 Å². The monoisotopic (exact) mass is 316 g/mol. The second-order valence-corrected chi connectivity index (χ2v) is 6.68. The molecule has 3 aromatic rings. The van der Waals surface area contributed by atoms with E-state index in [1.54, 1.807) is 0 Å². The van der Waals surface area contributed by atoms with Crippen molar-refractivity contribution in [1.29, 1.82) is 0 Å². The van der Waals surface area contributed by atoms with E-state index < -0.39 is 0 Å². The fourth-order valence-electron chi connectivity index (χ4n) is 3.10. The predicted octanol–water partition coefficient (Wildman–Crippen LogP) is 5.38. The summed E-state index contributed by atoms with van der Waals surface area (Å²) in [7, 11) is 0. The van der Waals surface area contributed by atoms with E-state index in [0.29, 0.717) is 5.92 Å². The van der Waals surface area contributed by atoms with E-state index in [1.807, 2.05) is 18.2 Å². The normalized spacial score (nSPS) is 11.0. The standard InChI is InChI=1S/C22H24N2/c1-15(2)13-17-5-3-4-6-20(17)22-14-19(24)11-12-21(22)16-7-9-18(23)10-8-16/h3-12,14-15H,13,23-24H2,1-2H3. The lowest BCUT2D eigenvalue weighted by Gasteiger charge is -2.16. The van der Waals surface area contributed by atoms with Gasteiger partial charge in [0.2, 0.25) is 0 Å². The third kappa shape index (κ3) is 3.43. The van der Waals surface area contributed by atoms with Crippen molar-refractivity contribution in [3.63, 3.8) is 0 Å². The molecule has 2 heteroatoms. The molecule has 0 amide bonds. The average Bonchev–Trinajstić information content (AvgIpc) is 2.56. The maximum atomic E-state index is 6.10. The van der Waals surface area contributed by atoms with Crippen molar-refractivity contribution in [3.05, 3.63) is 72.3 Å². The highest BCUT2D eigenvalue weighted by Crippen LogP contribution is 2.36. The van der Waals surface area contributed by atoms with E-state index in [1.165, 1.54) is 22.3 Å². The van der Waals surface area contributed by atoms with Gasteiger partial charge >= 0.3 is 0 Å². The highest BCUT2D eigenvalue weighted by molar-refractivity contribution is 5.87. The first-order chi connectivity index (χ1) is 11.5. The molecule has 0 heterocycles. The Bertz CT molecular complexity index is 833. The van der Waals surface area contributed by atoms with Crippen molar-refractivity contribution in [2.45, 2.75) is 20.3 Å². The molecule has 4 N–H and O–H groups in total. The van der Waals surface area contributed by atoms with Gasteiger partial charge in [-0.15, -0.1) is 0 Å². The zero-order valence-electron chi connectivity index (χ0n) is 14.3. The SMILES string of the molecule is CC(C)Cc1ccccc1-c1cc(N)ccc1-c1ccc(N)cc1. The number of nitrogen functional groups attached to an aromatic ring is 2. The van der Waals surface area contributed by atoms with Crippen LogP contribution in [-0.2, 0) is 6.42 Å². The Hall–Kier alpha value is -2.74. The summed E-state index contributed by atoms with van der Waals surface area (Å²) in [6.07, 6.45) is 1.05. The first kappa shape index (κ1) is 16.1. The quantitative estimate of drug-likeness (QED) is 0.635. The molecule has 24 heavy (non-hydrogen) atoms. The first-order valence-corrected chi connectivity index (χ1v) is 8.38. The third-order valence-corrected chi connectivity index (χ3v) is 4.20. The fraction of sp³-hybridized carbons (Fsp3) is 0.182. The molecular formula is C22H24N2. The fourth-order valence-corrected chi connectivity index (χ4v) is 3.10. The van der Waals surface area contributed by atoms with Gasteiger partial charge < -0.3 is 11.5 Å². The highest BCUT2D eigenvalue weighted by atomic mass is 14.5. The van der Waals surface area contributed by atoms with Crippen molar-refractivity contribution >= 4 is 11.4 Å². The van der Waals surface area contributed by atoms with Crippen molar-refractivity contribution in [3.8, 4) is 22.3 Å². The van der Waals surface area contributed by atoms with Gasteiger partial charge in [0.05, 0.1) is 0 Å². The molecule has 0 aliphatic rings. The van der Waals surface area contributed by atoms with Crippen molar-refractivity contribution in [2.75, 3.05) is 11.5 Å². The molecule has 0 unspecified atom stereocenters. The number of rotatable bonds is 4. The molecule has 0 aliphatic heterocycles. The minimum absolute atomic E-state index is 0.604. The summed E-state index contributed by atoms with van der Waals surface area (Å²) < 4.78 is 0. The summed E-state index contributed by atoms with van der Waals surface area (Å²) in [5.41, 5.74) is 19.6. The van der Waals surface area contributed by atoms with E-state index >= 15 is 0 Å². The summed E-state index contributed by atoms with van der Waals surface area (Å²) >= 11 is 0. The van der Waals surface area contributed by atoms with Gasteiger partial charge in [-0.2, -0.15) is 0 Å². The second kappa shape index (κ2) is 6.79. The van der Waals surface area contributed by atoms with Crippen LogP contribution in [0.4, 0.5) is 11.4 Å². The minimum Gasteiger partial charge on any atom is -0.399 e. The van der Waals surface area contributed by atoms with Gasteiger partial charge in [0, 0.05) is 11.4 Å². The van der Waals surface area contributed by atoms with E-state index in [-0.39, 0.29) is 0 Å². The van der Waals surface area contributed by atoms with E-state index in [4.69, 9.17) is 11.5 Å². The lowest BCUT2D eigenvalue weighted by atomic mass is 9.89. The molecule has 0 aromatic heterocycles. The first-order valence-electron chi connectivity index (χ1n) is 8.38. The van der Waals surface area contributed by atoms with E-state index in [9.17, 15) is 0 Å². The topological polar surface area (TPSA) is 52.0 Å². The van der Waals surface area contributed by atoms with Gasteiger partial charge in [-0.1, -0.05) is 56.3 Å². The number of anilines is 2. The molecule has 0 aliphatic carbocycles. The van der Waals surface area contributed by atoms with Crippen LogP contribution in [0.15, 0.2) is 66.7 Å². The summed E-state index contributed by atoms with van der Waals surface area (Å²) in [5.74, 6) is 0.604. The summed E-state index contributed by atoms with van der Waals surface area (Å²) in [5, 5.41) is 0. The van der Waals surface area contributed by atoms with Crippen LogP contribution in [0.1, 0.15) is 19.4 Å². The highest BCUT2D eigenvalue weighted by Gasteiger charge is 2.12. The second-order valence-electron chi connectivity index (χ2n) is 6.68. The molecule has 0 saturated carbocycles. The average molecular weight is 316 g/mol. The lowest BCUT2D eigenvalue weighted by molar-refractivity contribution is 0.648. The molecular weight excluding hydrogens is 292 g/mol. The van der Waals surface area contributed by atoms with Crippen LogP contribution in [0.25, 0.3) is 22.3 Å². The number of nitrogens with two attached hydrogens (primary N) is 2. The largest absolute Gasteiger partial charge is 0.399 e. The molecule has 2 nitrogen and oxygen atoms in total. The molecule has 0 spiro atoms. The molecule has 0 bridgehead atoms. The molecule has 122 valence electrons. The smallest absolute Gasteiger partial charge is 0.0320 e. The van der Waals surface area contributed by atoms with E-state index in [0.717, 1.165) is 23.4 Å². The summed E-state index contributed by atoms with van der Waals surface area (Å²) in [4.78, 5) is 0. The number of hydrogen-bond donors (Lipinski definition) is 2. The molecule has 3 rings (SSSR count). The Balaban J connectivity index is 2.18. The Labute approximate surface area is 144 Å². The Morgan fingerprint density at radius 1 is 0.708 bits per heavy atom. The Morgan fingerprint density at radius 3 is 2.08 bits per heavy atom. The van der Waals surface area contributed by atoms with Crippen LogP contribution in [0.3, 0.4) is 0 Å². The van der Waals surface area contributed by atoms with Gasteiger partial charge in [-0.25, -0.2) is 0 Å². The Kier molecular flexibility index (Phi) is 4.57. The van der Waals surface area contributed by atoms with Crippen LogP contribution in [-0.4, -0.2) is 0 Å². The molecule has 0 saturated heterocycles. The lowest BCUT2D eigenvalue weighted by Crippen LogP contribution is -1.98. The van der Waals surface area contributed by atoms with Gasteiger partial charge in [0.15, 0.2) is 0 Å². The van der Waals surface area contributed by atoms with Crippen molar-refractivity contribution in [1.82, 2.24) is 0 Å². The molecule has 0 fully saturated rings. The van der Waals surface area contributed by atoms with Crippen LogP contribution >= 0.6 is 0 Å². The van der Waals surface area contributed by atoms with Gasteiger partial charge in [0.1, 0.15) is 0 Å². The Morgan fingerprint density at radius 2 is 1.38 bits per heavy atom. The number of hydrogen-bond acceptors (Lipinski definition) is 2. The minimum atomic E-state index is 0.604. The zero-order valence-corrected chi connectivity index (χ0v) is 14.3. The van der Waals surface area contributed by atoms with Crippen LogP contribution in [0, 0.1) is 5.92 Å². The third-order valence-electron chi connectivity index (χ3n) is 4.20.